The predicted octanol–water partition coefficient (Wildman–Crippen LogP) is 6.83. The number of benzene rings is 3. The minimum Gasteiger partial charge on any atom is -0.325 e. The fraction of sp³-hybridized carbons (Fsp3) is 0.414. The van der Waals surface area contributed by atoms with Gasteiger partial charge < -0.3 is 10.2 Å². The number of rotatable bonds is 8. The van der Waals surface area contributed by atoms with Crippen LogP contribution >= 0.6 is 11.8 Å². The number of thioether (sulfide) groups is 1. The summed E-state index contributed by atoms with van der Waals surface area (Å²) in [6.45, 7) is 7.47. The maximum absolute atomic E-state index is 13.4. The number of hydrogen-bond donors (Lipinski definition) is 1. The van der Waals surface area contributed by atoms with E-state index in [-0.39, 0.29) is 16.8 Å². The molecule has 6 nitrogen and oxygen atoms in total. The summed E-state index contributed by atoms with van der Waals surface area (Å²) in [6, 6.07) is 20.7. The number of carbonyl (C=O) groups excluding carboxylic acids is 1. The van der Waals surface area contributed by atoms with Gasteiger partial charge in [-0.05, 0) is 55.0 Å². The molecule has 0 aromatic heterocycles. The highest BCUT2D eigenvalue weighted by molar-refractivity contribution is 8.00. The molecule has 3 aromatic carbocycles. The van der Waals surface area contributed by atoms with Crippen LogP contribution in [0.5, 0.6) is 0 Å². The molecule has 0 saturated carbocycles. The third-order valence-electron chi connectivity index (χ3n) is 7.01. The van der Waals surface area contributed by atoms with Crippen LogP contribution < -0.4 is 5.32 Å². The smallest absolute Gasteiger partial charge is 0.321 e. The first-order valence-electron chi connectivity index (χ1n) is 12.9. The van der Waals surface area contributed by atoms with Crippen molar-refractivity contribution in [3.8, 4) is 0 Å². The van der Waals surface area contributed by atoms with Gasteiger partial charge in [-0.3, -0.25) is 0 Å². The largest absolute Gasteiger partial charge is 0.325 e. The van der Waals surface area contributed by atoms with Crippen molar-refractivity contribution in [3.63, 3.8) is 0 Å². The summed E-state index contributed by atoms with van der Waals surface area (Å²) in [5, 5.41) is 4.63. The highest BCUT2D eigenvalue weighted by Crippen LogP contribution is 2.36. The molecule has 4 rings (SSSR count). The Morgan fingerprint density at radius 3 is 2.35 bits per heavy atom. The van der Waals surface area contributed by atoms with Crippen molar-refractivity contribution in [2.24, 2.45) is 0 Å². The zero-order chi connectivity index (χ0) is 26.6. The molecule has 8 heteroatoms. The first-order chi connectivity index (χ1) is 17.6. The maximum atomic E-state index is 13.4. The molecule has 1 fully saturated rings. The van der Waals surface area contributed by atoms with Crippen LogP contribution in [0.1, 0.15) is 46.5 Å². The number of nitrogens with zero attached hydrogens (tertiary/aromatic N) is 2. The molecular formula is C29H37N3O3S2. The molecule has 0 spiro atoms. The van der Waals surface area contributed by atoms with Crippen LogP contribution in [0.15, 0.2) is 76.5 Å². The number of fused-ring (bicyclic) bond motifs is 1. The first-order valence-corrected chi connectivity index (χ1v) is 15.2. The lowest BCUT2D eigenvalue weighted by Crippen LogP contribution is -2.48. The number of anilines is 1. The van der Waals surface area contributed by atoms with Crippen molar-refractivity contribution in [3.05, 3.63) is 66.7 Å². The average molecular weight is 540 g/mol. The van der Waals surface area contributed by atoms with Crippen molar-refractivity contribution in [2.75, 3.05) is 25.5 Å². The van der Waals surface area contributed by atoms with Gasteiger partial charge in [-0.2, -0.15) is 4.31 Å². The van der Waals surface area contributed by atoms with Crippen molar-refractivity contribution in [1.82, 2.24) is 9.21 Å². The van der Waals surface area contributed by atoms with Crippen molar-refractivity contribution in [2.45, 2.75) is 67.0 Å². The molecule has 37 heavy (non-hydrogen) atoms. The van der Waals surface area contributed by atoms with Gasteiger partial charge in [0.25, 0.3) is 0 Å². The summed E-state index contributed by atoms with van der Waals surface area (Å²) in [4.78, 5) is 16.2. The van der Waals surface area contributed by atoms with Crippen LogP contribution in [0, 0.1) is 0 Å². The molecule has 1 saturated heterocycles. The average Bonchev–Trinajstić information content (AvgIpc) is 2.88. The van der Waals surface area contributed by atoms with Gasteiger partial charge in [0.15, 0.2) is 0 Å². The van der Waals surface area contributed by atoms with Crippen LogP contribution in [0.4, 0.5) is 10.5 Å². The van der Waals surface area contributed by atoms with E-state index in [1.54, 1.807) is 28.4 Å². The minimum absolute atomic E-state index is 0.0244. The van der Waals surface area contributed by atoms with Crippen LogP contribution in [0.3, 0.4) is 0 Å². The van der Waals surface area contributed by atoms with E-state index in [1.807, 2.05) is 66.4 Å². The molecular weight excluding hydrogens is 502 g/mol. The lowest BCUT2D eigenvalue weighted by Gasteiger charge is -2.36. The predicted molar refractivity (Wildman–Crippen MR) is 154 cm³/mol. The van der Waals surface area contributed by atoms with E-state index in [0.717, 1.165) is 29.3 Å². The van der Waals surface area contributed by atoms with E-state index in [0.29, 0.717) is 30.8 Å². The van der Waals surface area contributed by atoms with Crippen molar-refractivity contribution in [1.29, 1.82) is 0 Å². The quantitative estimate of drug-likeness (QED) is 0.319. The van der Waals surface area contributed by atoms with E-state index in [4.69, 9.17) is 0 Å². The Morgan fingerprint density at radius 1 is 1.03 bits per heavy atom. The fourth-order valence-corrected chi connectivity index (χ4v) is 7.89. The number of amides is 2. The zero-order valence-corrected chi connectivity index (χ0v) is 23.7. The third kappa shape index (κ3) is 6.48. The van der Waals surface area contributed by atoms with Gasteiger partial charge in [-0.25, -0.2) is 13.2 Å². The van der Waals surface area contributed by atoms with Gasteiger partial charge in [-0.15, -0.1) is 11.8 Å². The second-order valence-corrected chi connectivity index (χ2v) is 14.0. The summed E-state index contributed by atoms with van der Waals surface area (Å²) in [6.07, 6.45) is 3.48. The van der Waals surface area contributed by atoms with Crippen molar-refractivity contribution >= 4 is 44.3 Å². The molecule has 3 aromatic rings. The maximum Gasteiger partial charge on any atom is 0.321 e. The molecule has 1 aliphatic rings. The number of urea groups is 1. The molecule has 0 radical (unpaired) electrons. The number of carbonyl (C=O) groups is 1. The molecule has 2 amide bonds. The number of piperidine rings is 1. The summed E-state index contributed by atoms with van der Waals surface area (Å²) < 4.78 is 28.6. The van der Waals surface area contributed by atoms with E-state index in [1.165, 1.54) is 4.90 Å². The van der Waals surface area contributed by atoms with Crippen LogP contribution in [-0.4, -0.2) is 54.6 Å². The second-order valence-electron chi connectivity index (χ2n) is 10.3. The Labute approximate surface area is 225 Å². The van der Waals surface area contributed by atoms with Crippen LogP contribution in [-0.2, 0) is 10.0 Å². The monoisotopic (exact) mass is 539 g/mol. The number of sulfonamides is 1. The van der Waals surface area contributed by atoms with Gasteiger partial charge >= 0.3 is 6.03 Å². The molecule has 0 aliphatic carbocycles. The first kappa shape index (κ1) is 27.5. The molecule has 0 unspecified atom stereocenters. The lowest BCUT2D eigenvalue weighted by atomic mass is 10.1. The summed E-state index contributed by atoms with van der Waals surface area (Å²) in [7, 11) is -1.83. The lowest BCUT2D eigenvalue weighted by molar-refractivity contribution is 0.174. The molecule has 1 N–H and O–H groups in total. The van der Waals surface area contributed by atoms with Gasteiger partial charge in [-0.1, -0.05) is 63.6 Å². The summed E-state index contributed by atoms with van der Waals surface area (Å²) in [5.41, 5.74) is 0.755. The zero-order valence-electron chi connectivity index (χ0n) is 22.1. The van der Waals surface area contributed by atoms with Gasteiger partial charge in [0.05, 0.1) is 4.90 Å². The Hall–Kier alpha value is -2.55. The standard InChI is InChI=1S/C29H37N3O3S2/c1-5-19-29(2,3)36-25-15-13-23(14-16-25)30-28(33)31(4)24-17-20-32(21-18-24)37(34,35)27-12-8-10-22-9-6-7-11-26(22)27/h6-16,24H,5,17-21H2,1-4H3,(H,30,33). The van der Waals surface area contributed by atoms with Crippen LogP contribution in [0.2, 0.25) is 0 Å². The van der Waals surface area contributed by atoms with Gasteiger partial charge in [0, 0.05) is 46.9 Å². The molecule has 0 bridgehead atoms. The summed E-state index contributed by atoms with van der Waals surface area (Å²) >= 11 is 1.85. The van der Waals surface area contributed by atoms with Crippen molar-refractivity contribution < 1.29 is 13.2 Å². The minimum atomic E-state index is -3.62. The Bertz CT molecular complexity index is 1330. The van der Waals surface area contributed by atoms with E-state index >= 15 is 0 Å². The van der Waals surface area contributed by atoms with E-state index < -0.39 is 10.0 Å². The highest BCUT2D eigenvalue weighted by atomic mass is 32.2. The SMILES string of the molecule is CCCC(C)(C)Sc1ccc(NC(=O)N(C)C2CCN(S(=O)(=O)c3cccc4ccccc34)CC2)cc1. The van der Waals surface area contributed by atoms with Crippen LogP contribution in [0.25, 0.3) is 10.8 Å². The number of hydrogen-bond acceptors (Lipinski definition) is 4. The van der Waals surface area contributed by atoms with E-state index in [9.17, 15) is 13.2 Å². The van der Waals surface area contributed by atoms with Gasteiger partial charge in [0.2, 0.25) is 10.0 Å². The number of nitrogens with one attached hydrogen (secondary N) is 1. The molecule has 1 heterocycles. The molecule has 198 valence electrons. The normalized spacial score (nSPS) is 15.6. The van der Waals surface area contributed by atoms with E-state index in [2.05, 4.69) is 26.1 Å². The fourth-order valence-electron chi connectivity index (χ4n) is 4.99. The Kier molecular flexibility index (Phi) is 8.51. The van der Waals surface area contributed by atoms with Gasteiger partial charge in [0.1, 0.15) is 0 Å². The Morgan fingerprint density at radius 2 is 1.68 bits per heavy atom. The Balaban J connectivity index is 1.34. The topological polar surface area (TPSA) is 69.7 Å². The molecule has 0 atom stereocenters. The summed E-state index contributed by atoms with van der Waals surface area (Å²) in [5.74, 6) is 0. The highest BCUT2D eigenvalue weighted by Gasteiger charge is 2.33. The molecule has 1 aliphatic heterocycles. The second kappa shape index (κ2) is 11.5. The third-order valence-corrected chi connectivity index (χ3v) is 10.2.